The molecule has 0 N–H and O–H groups in total. The Hall–Kier alpha value is -3.51. The summed E-state index contributed by atoms with van der Waals surface area (Å²) in [7, 11) is -3.95. The van der Waals surface area contributed by atoms with Gasteiger partial charge >= 0.3 is 0 Å². The van der Waals surface area contributed by atoms with Gasteiger partial charge in [0, 0.05) is 11.3 Å². The average Bonchev–Trinajstić information content (AvgIpc) is 2.75. The number of rotatable bonds is 4. The van der Waals surface area contributed by atoms with Gasteiger partial charge in [0.15, 0.2) is 5.03 Å². The Morgan fingerprint density at radius 3 is 2.00 bits per heavy atom. The van der Waals surface area contributed by atoms with Crippen LogP contribution in [-0.2, 0) is 9.84 Å². The molecule has 4 rings (SSSR count). The molecule has 0 aliphatic carbocycles. The Morgan fingerprint density at radius 1 is 0.793 bits per heavy atom. The molecule has 0 saturated carbocycles. The van der Waals surface area contributed by atoms with Crippen molar-refractivity contribution in [2.24, 2.45) is 0 Å². The van der Waals surface area contributed by atoms with Gasteiger partial charge in [0.2, 0.25) is 9.84 Å². The van der Waals surface area contributed by atoms with E-state index in [1.165, 1.54) is 4.57 Å². The first-order chi connectivity index (χ1) is 14.0. The van der Waals surface area contributed by atoms with E-state index in [-0.39, 0.29) is 15.6 Å². The molecule has 144 valence electrons. The van der Waals surface area contributed by atoms with Crippen LogP contribution in [0.5, 0.6) is 0 Å². The van der Waals surface area contributed by atoms with Gasteiger partial charge in [-0.05, 0) is 31.2 Å². The highest BCUT2D eigenvalue weighted by Gasteiger charge is 2.27. The zero-order valence-corrected chi connectivity index (χ0v) is 16.5. The molecule has 5 nitrogen and oxygen atoms in total. The summed E-state index contributed by atoms with van der Waals surface area (Å²) in [5.74, 6) is 0. The van der Waals surface area contributed by atoms with E-state index in [1.807, 2.05) is 19.1 Å². The lowest BCUT2D eigenvalue weighted by Crippen LogP contribution is -2.23. The van der Waals surface area contributed by atoms with Gasteiger partial charge in [-0.1, -0.05) is 66.2 Å². The van der Waals surface area contributed by atoms with Crippen LogP contribution in [0.3, 0.4) is 0 Å². The number of aromatic nitrogens is 2. The fourth-order valence-corrected chi connectivity index (χ4v) is 4.52. The summed E-state index contributed by atoms with van der Waals surface area (Å²) in [6, 6.07) is 24.5. The van der Waals surface area contributed by atoms with Crippen LogP contribution in [0.4, 0.5) is 0 Å². The van der Waals surface area contributed by atoms with Crippen LogP contribution in [0.15, 0.2) is 106 Å². The first kappa shape index (κ1) is 18.8. The number of aryl methyl sites for hydroxylation is 1. The molecule has 0 amide bonds. The summed E-state index contributed by atoms with van der Waals surface area (Å²) in [6.45, 7) is 1.89. The minimum Gasteiger partial charge on any atom is -0.273 e. The van der Waals surface area contributed by atoms with E-state index >= 15 is 0 Å². The third-order valence-corrected chi connectivity index (χ3v) is 6.29. The molecule has 0 atom stereocenters. The summed E-state index contributed by atoms with van der Waals surface area (Å²) in [5, 5.41) is -0.156. The monoisotopic (exact) mass is 402 g/mol. The lowest BCUT2D eigenvalue weighted by Gasteiger charge is -2.17. The van der Waals surface area contributed by atoms with Crippen LogP contribution in [0.2, 0.25) is 0 Å². The third-order valence-electron chi connectivity index (χ3n) is 4.59. The summed E-state index contributed by atoms with van der Waals surface area (Å²) in [5.41, 5.74) is 1.95. The average molecular weight is 402 g/mol. The minimum absolute atomic E-state index is 0.131. The first-order valence-corrected chi connectivity index (χ1v) is 10.5. The highest BCUT2D eigenvalue weighted by Crippen LogP contribution is 2.30. The Morgan fingerprint density at radius 2 is 1.38 bits per heavy atom. The zero-order valence-electron chi connectivity index (χ0n) is 15.7. The number of benzene rings is 3. The molecule has 4 aromatic rings. The second-order valence-electron chi connectivity index (χ2n) is 6.60. The molecule has 0 unspecified atom stereocenters. The number of nitrogens with zero attached hydrogens (tertiary/aromatic N) is 2. The number of sulfone groups is 1. The molecular formula is C23H18N2O3S. The molecule has 0 radical (unpaired) electrons. The minimum atomic E-state index is -3.95. The fourth-order valence-electron chi connectivity index (χ4n) is 3.15. The molecule has 0 bridgehead atoms. The topological polar surface area (TPSA) is 69.0 Å². The van der Waals surface area contributed by atoms with Crippen molar-refractivity contribution in [3.8, 4) is 16.9 Å². The first-order valence-electron chi connectivity index (χ1n) is 9.03. The van der Waals surface area contributed by atoms with Crippen molar-refractivity contribution in [1.29, 1.82) is 0 Å². The highest BCUT2D eigenvalue weighted by atomic mass is 32.2. The molecule has 0 aliphatic rings. The Bertz CT molecular complexity index is 1310. The summed E-state index contributed by atoms with van der Waals surface area (Å²) in [4.78, 5) is 17.0. The van der Waals surface area contributed by atoms with Crippen LogP contribution >= 0.6 is 0 Å². The van der Waals surface area contributed by atoms with E-state index in [2.05, 4.69) is 4.98 Å². The predicted octanol–water partition coefficient (Wildman–Crippen LogP) is 4.04. The van der Waals surface area contributed by atoms with Crippen molar-refractivity contribution in [2.45, 2.75) is 16.8 Å². The Kier molecular flexibility index (Phi) is 4.86. The quantitative estimate of drug-likeness (QED) is 0.517. The van der Waals surface area contributed by atoms with E-state index in [9.17, 15) is 13.2 Å². The van der Waals surface area contributed by atoms with Gasteiger partial charge in [-0.3, -0.25) is 9.36 Å². The molecule has 0 saturated heterocycles. The summed E-state index contributed by atoms with van der Waals surface area (Å²) < 4.78 is 28.3. The molecule has 1 heterocycles. The molecule has 0 fully saturated rings. The third kappa shape index (κ3) is 3.50. The van der Waals surface area contributed by atoms with Crippen molar-refractivity contribution in [1.82, 2.24) is 9.55 Å². The number of para-hydroxylation sites is 1. The lowest BCUT2D eigenvalue weighted by molar-refractivity contribution is 0.591. The van der Waals surface area contributed by atoms with Gasteiger partial charge in [-0.2, -0.15) is 0 Å². The fraction of sp³-hybridized carbons (Fsp3) is 0.0435. The molecule has 29 heavy (non-hydrogen) atoms. The molecule has 1 aromatic heterocycles. The van der Waals surface area contributed by atoms with Crippen molar-refractivity contribution < 1.29 is 8.42 Å². The van der Waals surface area contributed by atoms with Crippen molar-refractivity contribution >= 4 is 9.84 Å². The van der Waals surface area contributed by atoms with Gasteiger partial charge in [-0.25, -0.2) is 13.4 Å². The van der Waals surface area contributed by atoms with Gasteiger partial charge in [0.05, 0.1) is 16.8 Å². The smallest absolute Gasteiger partial charge is 0.273 e. The zero-order chi connectivity index (χ0) is 20.4. The number of hydrogen-bond donors (Lipinski definition) is 0. The predicted molar refractivity (Wildman–Crippen MR) is 112 cm³/mol. The van der Waals surface area contributed by atoms with Crippen molar-refractivity contribution in [3.63, 3.8) is 0 Å². The normalized spacial score (nSPS) is 11.3. The molecule has 0 aliphatic heterocycles. The van der Waals surface area contributed by atoms with Crippen molar-refractivity contribution in [3.05, 3.63) is 107 Å². The maximum absolute atomic E-state index is 13.5. The lowest BCUT2D eigenvalue weighted by atomic mass is 10.1. The van der Waals surface area contributed by atoms with Gasteiger partial charge in [-0.15, -0.1) is 0 Å². The second-order valence-corrected chi connectivity index (χ2v) is 8.47. The van der Waals surface area contributed by atoms with E-state index < -0.39 is 15.4 Å². The van der Waals surface area contributed by atoms with E-state index in [0.717, 1.165) is 11.8 Å². The molecule has 3 aromatic carbocycles. The number of hydrogen-bond acceptors (Lipinski definition) is 4. The SMILES string of the molecule is Cc1ccc(S(=O)(=O)c2ncc(=O)n(-c3ccccc3)c2-c2ccccc2)cc1. The van der Waals surface area contributed by atoms with E-state index in [0.29, 0.717) is 11.3 Å². The second kappa shape index (κ2) is 7.48. The van der Waals surface area contributed by atoms with Crippen LogP contribution in [0.25, 0.3) is 16.9 Å². The maximum Gasteiger partial charge on any atom is 0.274 e. The molecule has 6 heteroatoms. The summed E-state index contributed by atoms with van der Waals surface area (Å²) in [6.07, 6.45) is 1.06. The van der Waals surface area contributed by atoms with Crippen LogP contribution in [0, 0.1) is 6.92 Å². The van der Waals surface area contributed by atoms with Gasteiger partial charge in [0.1, 0.15) is 0 Å². The van der Waals surface area contributed by atoms with Gasteiger partial charge in [0.25, 0.3) is 5.56 Å². The largest absolute Gasteiger partial charge is 0.274 e. The highest BCUT2D eigenvalue weighted by molar-refractivity contribution is 7.91. The van der Waals surface area contributed by atoms with Crippen LogP contribution in [0.1, 0.15) is 5.56 Å². The van der Waals surface area contributed by atoms with E-state index in [4.69, 9.17) is 0 Å². The Balaban J connectivity index is 2.08. The van der Waals surface area contributed by atoms with Crippen molar-refractivity contribution in [2.75, 3.05) is 0 Å². The Labute approximate surface area is 168 Å². The maximum atomic E-state index is 13.5. The van der Waals surface area contributed by atoms with Crippen LogP contribution in [-0.4, -0.2) is 18.0 Å². The standard InChI is InChI=1S/C23H18N2O3S/c1-17-12-14-20(15-13-17)29(27,28)23-22(18-8-4-2-5-9-18)25(21(26)16-24-23)19-10-6-3-7-11-19/h2-16H,1H3. The van der Waals surface area contributed by atoms with Gasteiger partial charge < -0.3 is 0 Å². The summed E-state index contributed by atoms with van der Waals surface area (Å²) >= 11 is 0. The molecular weight excluding hydrogens is 384 g/mol. The van der Waals surface area contributed by atoms with Crippen LogP contribution < -0.4 is 5.56 Å². The van der Waals surface area contributed by atoms with E-state index in [1.54, 1.807) is 72.8 Å². The molecule has 0 spiro atoms.